The molecule has 1 aromatic carbocycles. The molecule has 1 atom stereocenters. The van der Waals surface area contributed by atoms with Crippen LogP contribution in [0.1, 0.15) is 55.2 Å². The number of amides is 1. The highest BCUT2D eigenvalue weighted by Gasteiger charge is 2.38. The van der Waals surface area contributed by atoms with Crippen LogP contribution in [-0.4, -0.2) is 33.2 Å². The molecule has 1 amide bonds. The summed E-state index contributed by atoms with van der Waals surface area (Å²) in [7, 11) is 0. The minimum absolute atomic E-state index is 0.155. The number of hydrogen-bond acceptors (Lipinski definition) is 3. The minimum atomic E-state index is -4.61. The fraction of sp³-hybridized carbons (Fsp3) is 0.476. The van der Waals surface area contributed by atoms with E-state index in [1.165, 1.54) is 33.8 Å². The first-order valence-corrected chi connectivity index (χ1v) is 9.54. The zero-order valence-corrected chi connectivity index (χ0v) is 16.7. The molecule has 2 aromatic rings. The van der Waals surface area contributed by atoms with Crippen LogP contribution in [0.5, 0.6) is 0 Å². The van der Waals surface area contributed by atoms with E-state index < -0.39 is 17.6 Å². The minimum Gasteiger partial charge on any atom is -0.334 e. The average molecular weight is 407 g/mol. The molecule has 0 N–H and O–H groups in total. The first kappa shape index (κ1) is 21.1. The standard InChI is InChI=1S/C21H24F3N3O2/c1-20(2,3)17-10-11-18(28)27(25-17)13-14-7-6-12-26(14)19(29)15-8-4-5-9-16(15)21(22,23)24/h4-5,8-11,14H,6-7,12-13H2,1-3H3. The van der Waals surface area contributed by atoms with E-state index >= 15 is 0 Å². The molecule has 1 saturated heterocycles. The van der Waals surface area contributed by atoms with E-state index in [4.69, 9.17) is 0 Å². The lowest BCUT2D eigenvalue weighted by Gasteiger charge is -2.27. The van der Waals surface area contributed by atoms with Gasteiger partial charge in [0.25, 0.3) is 11.5 Å². The molecule has 156 valence electrons. The lowest BCUT2D eigenvalue weighted by Crippen LogP contribution is -2.41. The zero-order chi connectivity index (χ0) is 21.4. The predicted molar refractivity (Wildman–Crippen MR) is 103 cm³/mol. The van der Waals surface area contributed by atoms with Gasteiger partial charge in [0, 0.05) is 18.0 Å². The number of alkyl halides is 3. The van der Waals surface area contributed by atoms with E-state index in [9.17, 15) is 22.8 Å². The lowest BCUT2D eigenvalue weighted by molar-refractivity contribution is -0.138. The van der Waals surface area contributed by atoms with Gasteiger partial charge in [0.05, 0.1) is 29.4 Å². The summed E-state index contributed by atoms with van der Waals surface area (Å²) in [6.45, 7) is 6.43. The van der Waals surface area contributed by atoms with Crippen LogP contribution in [0, 0.1) is 0 Å². The Bertz CT molecular complexity index is 961. The molecule has 0 radical (unpaired) electrons. The molecule has 5 nitrogen and oxygen atoms in total. The maximum Gasteiger partial charge on any atom is 0.417 e. The van der Waals surface area contributed by atoms with Crippen LogP contribution >= 0.6 is 0 Å². The van der Waals surface area contributed by atoms with Crippen LogP contribution in [-0.2, 0) is 18.1 Å². The van der Waals surface area contributed by atoms with Gasteiger partial charge in [-0.15, -0.1) is 0 Å². The number of aromatic nitrogens is 2. The highest BCUT2D eigenvalue weighted by molar-refractivity contribution is 5.96. The van der Waals surface area contributed by atoms with Gasteiger partial charge in [-0.2, -0.15) is 18.3 Å². The van der Waals surface area contributed by atoms with Crippen molar-refractivity contribution >= 4 is 5.91 Å². The second-order valence-corrected chi connectivity index (χ2v) is 8.33. The Morgan fingerprint density at radius 2 is 1.83 bits per heavy atom. The number of likely N-dealkylation sites (tertiary alicyclic amines) is 1. The number of nitrogens with zero attached hydrogens (tertiary/aromatic N) is 3. The Kier molecular flexibility index (Phi) is 5.56. The van der Waals surface area contributed by atoms with Gasteiger partial charge in [-0.05, 0) is 31.0 Å². The molecule has 2 heterocycles. The molecular formula is C21H24F3N3O2. The van der Waals surface area contributed by atoms with E-state index in [0.29, 0.717) is 19.4 Å². The van der Waals surface area contributed by atoms with Gasteiger partial charge in [0.1, 0.15) is 0 Å². The molecule has 0 spiro atoms. The third-order valence-corrected chi connectivity index (χ3v) is 5.12. The van der Waals surface area contributed by atoms with Gasteiger partial charge in [0.2, 0.25) is 0 Å². The maximum atomic E-state index is 13.3. The van der Waals surface area contributed by atoms with Gasteiger partial charge in [0.15, 0.2) is 0 Å². The van der Waals surface area contributed by atoms with Crippen molar-refractivity contribution in [2.24, 2.45) is 0 Å². The number of carbonyl (C=O) groups excluding carboxylic acids is 1. The molecule has 1 unspecified atom stereocenters. The molecule has 1 aromatic heterocycles. The van der Waals surface area contributed by atoms with Crippen molar-refractivity contribution in [1.82, 2.24) is 14.7 Å². The van der Waals surface area contributed by atoms with E-state index in [1.807, 2.05) is 20.8 Å². The molecular weight excluding hydrogens is 383 g/mol. The van der Waals surface area contributed by atoms with Crippen molar-refractivity contribution in [2.45, 2.75) is 57.8 Å². The van der Waals surface area contributed by atoms with E-state index in [0.717, 1.165) is 11.8 Å². The molecule has 1 aliphatic rings. The summed E-state index contributed by atoms with van der Waals surface area (Å²) in [5.41, 5.74) is -1.13. The van der Waals surface area contributed by atoms with Crippen LogP contribution in [0.15, 0.2) is 41.2 Å². The lowest BCUT2D eigenvalue weighted by atomic mass is 9.92. The Hall–Kier alpha value is -2.64. The van der Waals surface area contributed by atoms with E-state index in [-0.39, 0.29) is 29.1 Å². The van der Waals surface area contributed by atoms with Crippen LogP contribution in [0.2, 0.25) is 0 Å². The molecule has 3 rings (SSSR count). The summed E-state index contributed by atoms with van der Waals surface area (Å²) in [4.78, 5) is 26.6. The van der Waals surface area contributed by atoms with Crippen LogP contribution in [0.25, 0.3) is 0 Å². The monoisotopic (exact) mass is 407 g/mol. The Balaban J connectivity index is 1.89. The maximum absolute atomic E-state index is 13.3. The quantitative estimate of drug-likeness (QED) is 0.776. The Labute approximate surface area is 167 Å². The summed E-state index contributed by atoms with van der Waals surface area (Å²) < 4.78 is 41.3. The molecule has 8 heteroatoms. The number of hydrogen-bond donors (Lipinski definition) is 0. The van der Waals surface area contributed by atoms with Gasteiger partial charge in [-0.25, -0.2) is 4.68 Å². The van der Waals surface area contributed by atoms with Gasteiger partial charge < -0.3 is 4.90 Å². The third kappa shape index (κ3) is 4.52. The van der Waals surface area contributed by atoms with E-state index in [2.05, 4.69) is 5.10 Å². The highest BCUT2D eigenvalue weighted by Crippen LogP contribution is 2.33. The summed E-state index contributed by atoms with van der Waals surface area (Å²) in [6.07, 6.45) is -3.34. The zero-order valence-electron chi connectivity index (χ0n) is 16.7. The van der Waals surface area contributed by atoms with Crippen molar-refractivity contribution in [3.05, 3.63) is 63.6 Å². The molecule has 0 bridgehead atoms. The molecule has 0 aliphatic carbocycles. The predicted octanol–water partition coefficient (Wildman–Crippen LogP) is 3.86. The average Bonchev–Trinajstić information content (AvgIpc) is 3.09. The first-order valence-electron chi connectivity index (χ1n) is 9.54. The first-order chi connectivity index (χ1) is 13.5. The van der Waals surface area contributed by atoms with E-state index in [1.54, 1.807) is 6.07 Å². The Morgan fingerprint density at radius 1 is 1.14 bits per heavy atom. The SMILES string of the molecule is CC(C)(C)c1ccc(=O)n(CC2CCCN2C(=O)c2ccccc2C(F)(F)F)n1. The molecule has 0 saturated carbocycles. The number of carbonyl (C=O) groups is 1. The second kappa shape index (κ2) is 7.65. The van der Waals surface area contributed by atoms with Gasteiger partial charge in [-0.1, -0.05) is 32.9 Å². The molecule has 1 aliphatic heterocycles. The van der Waals surface area contributed by atoms with Crippen molar-refractivity contribution in [2.75, 3.05) is 6.54 Å². The topological polar surface area (TPSA) is 55.2 Å². The summed E-state index contributed by atoms with van der Waals surface area (Å²) >= 11 is 0. The van der Waals surface area contributed by atoms with Crippen molar-refractivity contribution in [1.29, 1.82) is 0 Å². The largest absolute Gasteiger partial charge is 0.417 e. The normalized spacial score (nSPS) is 17.6. The van der Waals surface area contributed by atoms with Crippen LogP contribution in [0.3, 0.4) is 0 Å². The number of benzene rings is 1. The van der Waals surface area contributed by atoms with Gasteiger partial charge in [-0.3, -0.25) is 9.59 Å². The Morgan fingerprint density at radius 3 is 2.48 bits per heavy atom. The fourth-order valence-electron chi connectivity index (χ4n) is 3.54. The van der Waals surface area contributed by atoms with Crippen molar-refractivity contribution < 1.29 is 18.0 Å². The summed E-state index contributed by atoms with van der Waals surface area (Å²) in [5.74, 6) is -0.666. The van der Waals surface area contributed by atoms with Crippen molar-refractivity contribution in [3.8, 4) is 0 Å². The number of rotatable bonds is 3. The van der Waals surface area contributed by atoms with Crippen molar-refractivity contribution in [3.63, 3.8) is 0 Å². The second-order valence-electron chi connectivity index (χ2n) is 8.33. The smallest absolute Gasteiger partial charge is 0.334 e. The van der Waals surface area contributed by atoms with Crippen LogP contribution in [0.4, 0.5) is 13.2 Å². The number of halogens is 3. The fourth-order valence-corrected chi connectivity index (χ4v) is 3.54. The summed E-state index contributed by atoms with van der Waals surface area (Å²) in [5, 5.41) is 4.42. The third-order valence-electron chi connectivity index (χ3n) is 5.12. The molecule has 29 heavy (non-hydrogen) atoms. The van der Waals surface area contributed by atoms with Crippen LogP contribution < -0.4 is 5.56 Å². The highest BCUT2D eigenvalue weighted by atomic mass is 19.4. The molecule has 1 fully saturated rings. The van der Waals surface area contributed by atoms with Gasteiger partial charge >= 0.3 is 6.18 Å². The summed E-state index contributed by atoms with van der Waals surface area (Å²) in [6, 6.07) is 7.53.